The minimum atomic E-state index is -0.433. The predicted octanol–water partition coefficient (Wildman–Crippen LogP) is 1.73. The number of carbonyl (C=O) groups is 1. The monoisotopic (exact) mass is 289 g/mol. The van der Waals surface area contributed by atoms with Crippen molar-refractivity contribution in [3.63, 3.8) is 0 Å². The second kappa shape index (κ2) is 5.44. The molecule has 3 rings (SSSR count). The van der Waals surface area contributed by atoms with E-state index in [9.17, 15) is 14.9 Å². The van der Waals surface area contributed by atoms with E-state index in [1.54, 1.807) is 19.1 Å². The minimum absolute atomic E-state index is 0.00980. The van der Waals surface area contributed by atoms with Gasteiger partial charge in [-0.3, -0.25) is 14.9 Å². The maximum Gasteiger partial charge on any atom is 0.273 e. The number of likely N-dealkylation sites (tertiary alicyclic amines) is 1. The van der Waals surface area contributed by atoms with Crippen LogP contribution in [-0.4, -0.2) is 41.4 Å². The van der Waals surface area contributed by atoms with E-state index in [-0.39, 0.29) is 11.6 Å². The Kier molecular flexibility index (Phi) is 3.63. The zero-order valence-electron chi connectivity index (χ0n) is 12.0. The molecular weight excluding hydrogens is 270 g/mol. The topological polar surface area (TPSA) is 75.5 Å². The molecule has 21 heavy (non-hydrogen) atoms. The highest BCUT2D eigenvalue weighted by Gasteiger charge is 2.37. The maximum atomic E-state index is 12.7. The number of nitrogens with one attached hydrogen (secondary N) is 1. The number of nitro benzene ring substituents is 1. The van der Waals surface area contributed by atoms with E-state index < -0.39 is 4.92 Å². The molecule has 1 aromatic carbocycles. The molecule has 6 nitrogen and oxygen atoms in total. The van der Waals surface area contributed by atoms with Crippen LogP contribution in [-0.2, 0) is 0 Å². The summed E-state index contributed by atoms with van der Waals surface area (Å²) in [5.74, 6) is 0.425. The van der Waals surface area contributed by atoms with Crippen molar-refractivity contribution in [2.24, 2.45) is 5.92 Å². The van der Waals surface area contributed by atoms with Gasteiger partial charge < -0.3 is 10.2 Å². The molecule has 2 aliphatic rings. The number of hydrogen-bond donors (Lipinski definition) is 1. The molecule has 2 aliphatic heterocycles. The standard InChI is InChI=1S/C15H19N3O3/c1-10-12(5-2-6-14(10)18(20)21)15(19)17-8-11-4-3-7-16-13(11)9-17/h2,5-6,11,13,16H,3-4,7-9H2,1H3. The Balaban J connectivity index is 1.83. The normalized spacial score (nSPS) is 24.7. The fourth-order valence-corrected chi connectivity index (χ4v) is 3.44. The number of rotatable bonds is 2. The number of hydrogen-bond acceptors (Lipinski definition) is 4. The molecule has 112 valence electrons. The van der Waals surface area contributed by atoms with E-state index in [1.165, 1.54) is 6.07 Å². The van der Waals surface area contributed by atoms with Gasteiger partial charge in [0.15, 0.2) is 0 Å². The fourth-order valence-electron chi connectivity index (χ4n) is 3.44. The lowest BCUT2D eigenvalue weighted by atomic mass is 9.94. The summed E-state index contributed by atoms with van der Waals surface area (Å²) >= 11 is 0. The summed E-state index contributed by atoms with van der Waals surface area (Å²) in [6.07, 6.45) is 2.30. The molecule has 2 atom stereocenters. The Hall–Kier alpha value is -1.95. The highest BCUT2D eigenvalue weighted by Crippen LogP contribution is 2.28. The molecule has 1 N–H and O–H groups in total. The number of fused-ring (bicyclic) bond motifs is 1. The average molecular weight is 289 g/mol. The zero-order valence-corrected chi connectivity index (χ0v) is 12.0. The number of piperidine rings is 1. The average Bonchev–Trinajstić information content (AvgIpc) is 2.90. The van der Waals surface area contributed by atoms with Crippen molar-refractivity contribution in [1.29, 1.82) is 0 Å². The molecule has 0 spiro atoms. The first kappa shape index (κ1) is 14.0. The van der Waals surface area contributed by atoms with Gasteiger partial charge in [-0.1, -0.05) is 6.07 Å². The first-order chi connectivity index (χ1) is 10.1. The first-order valence-corrected chi connectivity index (χ1v) is 7.34. The second-order valence-electron chi connectivity index (χ2n) is 5.88. The lowest BCUT2D eigenvalue weighted by molar-refractivity contribution is -0.385. The van der Waals surface area contributed by atoms with E-state index >= 15 is 0 Å². The van der Waals surface area contributed by atoms with E-state index in [0.29, 0.717) is 29.6 Å². The summed E-state index contributed by atoms with van der Waals surface area (Å²) in [4.78, 5) is 25.1. The summed E-state index contributed by atoms with van der Waals surface area (Å²) in [7, 11) is 0. The maximum absolute atomic E-state index is 12.7. The summed E-state index contributed by atoms with van der Waals surface area (Å²) in [5, 5.41) is 14.5. The molecular formula is C15H19N3O3. The Labute approximate surface area is 123 Å². The van der Waals surface area contributed by atoms with Gasteiger partial charge in [0.25, 0.3) is 11.6 Å². The Morgan fingerprint density at radius 3 is 2.95 bits per heavy atom. The predicted molar refractivity (Wildman–Crippen MR) is 78.3 cm³/mol. The largest absolute Gasteiger partial charge is 0.337 e. The van der Waals surface area contributed by atoms with Crippen molar-refractivity contribution in [3.05, 3.63) is 39.4 Å². The van der Waals surface area contributed by atoms with Gasteiger partial charge >= 0.3 is 0 Å². The van der Waals surface area contributed by atoms with Crippen LogP contribution < -0.4 is 5.32 Å². The molecule has 2 heterocycles. The van der Waals surface area contributed by atoms with Gasteiger partial charge in [0.1, 0.15) is 0 Å². The zero-order chi connectivity index (χ0) is 15.0. The quantitative estimate of drug-likeness (QED) is 0.664. The molecule has 2 unspecified atom stereocenters. The highest BCUT2D eigenvalue weighted by atomic mass is 16.6. The molecule has 1 aromatic rings. The molecule has 0 aliphatic carbocycles. The van der Waals surface area contributed by atoms with E-state index in [0.717, 1.165) is 25.9 Å². The SMILES string of the molecule is Cc1c(C(=O)N2CC3CCCNC3C2)cccc1[N+](=O)[O-]. The minimum Gasteiger partial charge on any atom is -0.337 e. The molecule has 2 saturated heterocycles. The van der Waals surface area contributed by atoms with Crippen molar-refractivity contribution in [1.82, 2.24) is 10.2 Å². The van der Waals surface area contributed by atoms with Crippen LogP contribution in [0.1, 0.15) is 28.8 Å². The van der Waals surface area contributed by atoms with Gasteiger partial charge in [-0.05, 0) is 38.3 Å². The van der Waals surface area contributed by atoms with E-state index in [2.05, 4.69) is 5.32 Å². The van der Waals surface area contributed by atoms with Crippen LogP contribution in [0.5, 0.6) is 0 Å². The molecule has 6 heteroatoms. The number of amides is 1. The molecule has 0 aromatic heterocycles. The van der Waals surface area contributed by atoms with Gasteiger partial charge in [-0.15, -0.1) is 0 Å². The lowest BCUT2D eigenvalue weighted by Crippen LogP contribution is -2.41. The van der Waals surface area contributed by atoms with Crippen LogP contribution in [0.3, 0.4) is 0 Å². The van der Waals surface area contributed by atoms with Crippen molar-refractivity contribution in [2.45, 2.75) is 25.8 Å². The molecule has 2 fully saturated rings. The van der Waals surface area contributed by atoms with Crippen molar-refractivity contribution >= 4 is 11.6 Å². The number of nitro groups is 1. The van der Waals surface area contributed by atoms with Crippen LogP contribution >= 0.6 is 0 Å². The van der Waals surface area contributed by atoms with Gasteiger partial charge in [-0.2, -0.15) is 0 Å². The van der Waals surface area contributed by atoms with Crippen LogP contribution in [0.2, 0.25) is 0 Å². The third-order valence-corrected chi connectivity index (χ3v) is 4.62. The molecule has 0 saturated carbocycles. The Morgan fingerprint density at radius 1 is 1.43 bits per heavy atom. The number of nitrogens with zero attached hydrogens (tertiary/aromatic N) is 2. The lowest BCUT2D eigenvalue weighted by Gasteiger charge is -2.24. The highest BCUT2D eigenvalue weighted by molar-refractivity contribution is 5.96. The van der Waals surface area contributed by atoms with Gasteiger partial charge in [0, 0.05) is 36.3 Å². The third kappa shape index (κ3) is 2.51. The van der Waals surface area contributed by atoms with Gasteiger partial charge in [0.05, 0.1) is 4.92 Å². The molecule has 1 amide bonds. The Bertz CT molecular complexity index is 574. The van der Waals surface area contributed by atoms with Crippen LogP contribution in [0.25, 0.3) is 0 Å². The summed E-state index contributed by atoms with van der Waals surface area (Å²) in [5.41, 5.74) is 0.911. The van der Waals surface area contributed by atoms with Gasteiger partial charge in [-0.25, -0.2) is 0 Å². The smallest absolute Gasteiger partial charge is 0.273 e. The molecule has 0 bridgehead atoms. The summed E-state index contributed by atoms with van der Waals surface area (Å²) in [6.45, 7) is 4.11. The number of benzene rings is 1. The number of carbonyl (C=O) groups excluding carboxylic acids is 1. The first-order valence-electron chi connectivity index (χ1n) is 7.34. The second-order valence-corrected chi connectivity index (χ2v) is 5.88. The van der Waals surface area contributed by atoms with Gasteiger partial charge in [0.2, 0.25) is 0 Å². The summed E-state index contributed by atoms with van der Waals surface area (Å²) in [6, 6.07) is 5.08. The van der Waals surface area contributed by atoms with Crippen LogP contribution in [0.4, 0.5) is 5.69 Å². The van der Waals surface area contributed by atoms with E-state index in [4.69, 9.17) is 0 Å². The molecule has 0 radical (unpaired) electrons. The van der Waals surface area contributed by atoms with Crippen LogP contribution in [0, 0.1) is 23.0 Å². The third-order valence-electron chi connectivity index (χ3n) is 4.62. The van der Waals surface area contributed by atoms with Crippen molar-refractivity contribution in [3.8, 4) is 0 Å². The van der Waals surface area contributed by atoms with Crippen molar-refractivity contribution in [2.75, 3.05) is 19.6 Å². The van der Waals surface area contributed by atoms with E-state index in [1.807, 2.05) is 4.90 Å². The summed E-state index contributed by atoms with van der Waals surface area (Å²) < 4.78 is 0. The Morgan fingerprint density at radius 2 is 2.24 bits per heavy atom. The van der Waals surface area contributed by atoms with Crippen LogP contribution in [0.15, 0.2) is 18.2 Å². The van der Waals surface area contributed by atoms with Crippen molar-refractivity contribution < 1.29 is 9.72 Å². The fraction of sp³-hybridized carbons (Fsp3) is 0.533.